The third-order valence-corrected chi connectivity index (χ3v) is 5.78. The van der Waals surface area contributed by atoms with Crippen molar-refractivity contribution in [1.82, 2.24) is 10.2 Å². The van der Waals surface area contributed by atoms with E-state index in [1.807, 2.05) is 0 Å². The SMILES string of the molecule is c1ccc(CC2CN(C3CC4CCC3C4)CCN2)cc1. The van der Waals surface area contributed by atoms with Crippen molar-refractivity contribution in [2.45, 2.75) is 44.2 Å². The minimum Gasteiger partial charge on any atom is -0.311 e. The number of hydrogen-bond donors (Lipinski definition) is 1. The van der Waals surface area contributed by atoms with E-state index >= 15 is 0 Å². The molecule has 0 amide bonds. The molecule has 3 fully saturated rings. The first-order valence-electron chi connectivity index (χ1n) is 8.40. The van der Waals surface area contributed by atoms with Gasteiger partial charge in [-0.1, -0.05) is 36.8 Å². The maximum Gasteiger partial charge on any atom is 0.0236 e. The molecule has 20 heavy (non-hydrogen) atoms. The van der Waals surface area contributed by atoms with Crippen molar-refractivity contribution in [2.75, 3.05) is 19.6 Å². The van der Waals surface area contributed by atoms with Crippen LogP contribution in [0.4, 0.5) is 0 Å². The summed E-state index contributed by atoms with van der Waals surface area (Å²) in [5, 5.41) is 3.72. The Morgan fingerprint density at radius 3 is 2.75 bits per heavy atom. The van der Waals surface area contributed by atoms with Crippen molar-refractivity contribution in [1.29, 1.82) is 0 Å². The molecule has 1 heterocycles. The minimum absolute atomic E-state index is 0.644. The van der Waals surface area contributed by atoms with Crippen LogP contribution >= 0.6 is 0 Å². The van der Waals surface area contributed by atoms with E-state index in [9.17, 15) is 0 Å². The van der Waals surface area contributed by atoms with Crippen molar-refractivity contribution in [2.24, 2.45) is 11.8 Å². The average Bonchev–Trinajstić information content (AvgIpc) is 3.11. The van der Waals surface area contributed by atoms with Crippen LogP contribution in [0.1, 0.15) is 31.2 Å². The van der Waals surface area contributed by atoms with Crippen LogP contribution in [0.2, 0.25) is 0 Å². The van der Waals surface area contributed by atoms with Crippen LogP contribution in [-0.4, -0.2) is 36.6 Å². The summed E-state index contributed by atoms with van der Waals surface area (Å²) in [6, 6.07) is 12.5. The van der Waals surface area contributed by atoms with Gasteiger partial charge in [-0.15, -0.1) is 0 Å². The number of hydrogen-bond acceptors (Lipinski definition) is 2. The summed E-state index contributed by atoms with van der Waals surface area (Å²) >= 11 is 0. The van der Waals surface area contributed by atoms with Gasteiger partial charge < -0.3 is 5.32 Å². The number of piperazine rings is 1. The molecule has 0 aromatic heterocycles. The normalized spacial score (nSPS) is 37.4. The zero-order valence-electron chi connectivity index (χ0n) is 12.3. The number of benzene rings is 1. The van der Waals surface area contributed by atoms with Gasteiger partial charge in [0.2, 0.25) is 0 Å². The fourth-order valence-electron chi connectivity index (χ4n) is 4.85. The first kappa shape index (κ1) is 12.8. The van der Waals surface area contributed by atoms with E-state index in [-0.39, 0.29) is 0 Å². The van der Waals surface area contributed by atoms with Crippen molar-refractivity contribution < 1.29 is 0 Å². The molecule has 2 heteroatoms. The second-order valence-electron chi connectivity index (χ2n) is 7.08. The molecule has 4 rings (SSSR count). The zero-order valence-corrected chi connectivity index (χ0v) is 12.3. The highest BCUT2D eigenvalue weighted by atomic mass is 15.2. The molecule has 1 saturated heterocycles. The van der Waals surface area contributed by atoms with Crippen molar-refractivity contribution in [3.05, 3.63) is 35.9 Å². The fraction of sp³-hybridized carbons (Fsp3) is 0.667. The summed E-state index contributed by atoms with van der Waals surface area (Å²) in [6.07, 6.45) is 7.21. The van der Waals surface area contributed by atoms with Gasteiger partial charge in [-0.05, 0) is 43.1 Å². The Bertz CT molecular complexity index is 444. The number of nitrogens with zero attached hydrogens (tertiary/aromatic N) is 1. The molecule has 0 spiro atoms. The van der Waals surface area contributed by atoms with Crippen LogP contribution in [0, 0.1) is 11.8 Å². The minimum atomic E-state index is 0.644. The molecule has 2 aliphatic carbocycles. The van der Waals surface area contributed by atoms with Gasteiger partial charge in [-0.2, -0.15) is 0 Å². The standard InChI is InChI=1S/C18H26N2/c1-2-4-14(5-3-1)11-17-13-20(9-8-19-17)18-12-15-6-7-16(18)10-15/h1-5,15-19H,6-13H2. The van der Waals surface area contributed by atoms with Crippen LogP contribution in [0.3, 0.4) is 0 Å². The smallest absolute Gasteiger partial charge is 0.0236 e. The van der Waals surface area contributed by atoms with Gasteiger partial charge >= 0.3 is 0 Å². The molecule has 2 bridgehead atoms. The quantitative estimate of drug-likeness (QED) is 0.908. The lowest BCUT2D eigenvalue weighted by atomic mass is 9.92. The summed E-state index contributed by atoms with van der Waals surface area (Å²) in [5.74, 6) is 2.09. The maximum absolute atomic E-state index is 3.72. The lowest BCUT2D eigenvalue weighted by Crippen LogP contribution is -2.55. The molecule has 4 unspecified atom stereocenters. The van der Waals surface area contributed by atoms with Crippen LogP contribution in [0.25, 0.3) is 0 Å². The van der Waals surface area contributed by atoms with Crippen LogP contribution < -0.4 is 5.32 Å². The Morgan fingerprint density at radius 2 is 2.00 bits per heavy atom. The number of rotatable bonds is 3. The van der Waals surface area contributed by atoms with Crippen LogP contribution in [0.15, 0.2) is 30.3 Å². The lowest BCUT2D eigenvalue weighted by Gasteiger charge is -2.41. The first-order valence-corrected chi connectivity index (χ1v) is 8.40. The third kappa shape index (κ3) is 2.51. The predicted octanol–water partition coefficient (Wildman–Crippen LogP) is 2.69. The molecule has 1 aliphatic heterocycles. The van der Waals surface area contributed by atoms with Crippen molar-refractivity contribution >= 4 is 0 Å². The van der Waals surface area contributed by atoms with Gasteiger partial charge in [0.15, 0.2) is 0 Å². The van der Waals surface area contributed by atoms with E-state index in [0.29, 0.717) is 6.04 Å². The second-order valence-corrected chi connectivity index (χ2v) is 7.08. The zero-order chi connectivity index (χ0) is 13.4. The lowest BCUT2D eigenvalue weighted by molar-refractivity contribution is 0.104. The highest BCUT2D eigenvalue weighted by molar-refractivity contribution is 5.16. The van der Waals surface area contributed by atoms with Gasteiger partial charge in [-0.3, -0.25) is 4.90 Å². The van der Waals surface area contributed by atoms with Crippen LogP contribution in [-0.2, 0) is 6.42 Å². The third-order valence-electron chi connectivity index (χ3n) is 5.78. The maximum atomic E-state index is 3.72. The average molecular weight is 270 g/mol. The van der Waals surface area contributed by atoms with E-state index in [2.05, 4.69) is 40.5 Å². The highest BCUT2D eigenvalue weighted by Crippen LogP contribution is 2.46. The molecule has 108 valence electrons. The second kappa shape index (κ2) is 5.50. The first-order chi connectivity index (χ1) is 9.88. The van der Waals surface area contributed by atoms with E-state index in [0.717, 1.165) is 17.9 Å². The van der Waals surface area contributed by atoms with Crippen molar-refractivity contribution in [3.63, 3.8) is 0 Å². The Hall–Kier alpha value is -0.860. The van der Waals surface area contributed by atoms with Gasteiger partial charge in [0.1, 0.15) is 0 Å². The van der Waals surface area contributed by atoms with E-state index in [4.69, 9.17) is 0 Å². The summed E-state index contributed by atoms with van der Waals surface area (Å²) < 4.78 is 0. The molecule has 1 aromatic rings. The van der Waals surface area contributed by atoms with E-state index in [1.165, 1.54) is 57.3 Å². The summed E-state index contributed by atoms with van der Waals surface area (Å²) in [4.78, 5) is 2.81. The molecule has 1 aromatic carbocycles. The Balaban J connectivity index is 1.38. The predicted molar refractivity (Wildman–Crippen MR) is 82.7 cm³/mol. The van der Waals surface area contributed by atoms with Gasteiger partial charge in [0, 0.05) is 31.7 Å². The van der Waals surface area contributed by atoms with Gasteiger partial charge in [0.05, 0.1) is 0 Å². The molecule has 2 nitrogen and oxygen atoms in total. The Morgan fingerprint density at radius 1 is 1.10 bits per heavy atom. The molecule has 4 atom stereocenters. The van der Waals surface area contributed by atoms with E-state index < -0.39 is 0 Å². The molecule has 3 aliphatic rings. The molecule has 1 N–H and O–H groups in total. The molecule has 0 radical (unpaired) electrons. The van der Waals surface area contributed by atoms with E-state index in [1.54, 1.807) is 0 Å². The monoisotopic (exact) mass is 270 g/mol. The molecule has 2 saturated carbocycles. The highest BCUT2D eigenvalue weighted by Gasteiger charge is 2.42. The summed E-state index contributed by atoms with van der Waals surface area (Å²) in [7, 11) is 0. The summed E-state index contributed by atoms with van der Waals surface area (Å²) in [6.45, 7) is 3.69. The molecular formula is C18H26N2. The topological polar surface area (TPSA) is 15.3 Å². The Labute approximate surface area is 122 Å². The summed E-state index contributed by atoms with van der Waals surface area (Å²) in [5.41, 5.74) is 1.47. The van der Waals surface area contributed by atoms with Crippen molar-refractivity contribution in [3.8, 4) is 0 Å². The fourth-order valence-corrected chi connectivity index (χ4v) is 4.85. The largest absolute Gasteiger partial charge is 0.311 e. The van der Waals surface area contributed by atoms with Crippen LogP contribution in [0.5, 0.6) is 0 Å². The number of fused-ring (bicyclic) bond motifs is 2. The molecular weight excluding hydrogens is 244 g/mol. The van der Waals surface area contributed by atoms with Gasteiger partial charge in [0.25, 0.3) is 0 Å². The number of nitrogens with one attached hydrogen (secondary N) is 1. The van der Waals surface area contributed by atoms with Gasteiger partial charge in [-0.25, -0.2) is 0 Å². The Kier molecular flexibility index (Phi) is 3.53.